The van der Waals surface area contributed by atoms with E-state index in [-0.39, 0.29) is 18.6 Å². The second-order valence-electron chi connectivity index (χ2n) is 5.54. The highest BCUT2D eigenvalue weighted by Crippen LogP contribution is 2.10. The molecule has 0 radical (unpaired) electrons. The summed E-state index contributed by atoms with van der Waals surface area (Å²) >= 11 is 0. The van der Waals surface area contributed by atoms with E-state index >= 15 is 0 Å². The molecule has 4 nitrogen and oxygen atoms in total. The van der Waals surface area contributed by atoms with E-state index in [1.165, 1.54) is 0 Å². The van der Waals surface area contributed by atoms with Crippen LogP contribution in [-0.4, -0.2) is 29.4 Å². The Hall–Kier alpha value is -1.03. The van der Waals surface area contributed by atoms with Crippen molar-refractivity contribution in [2.24, 2.45) is 5.92 Å². The van der Waals surface area contributed by atoms with Crippen LogP contribution >= 0.6 is 0 Å². The minimum atomic E-state index is -0.524. The number of carbonyl (C=O) groups excluding carboxylic acids is 1. The molecule has 0 aromatic heterocycles. The van der Waals surface area contributed by atoms with E-state index in [0.29, 0.717) is 0 Å². The number of allylic oxidation sites excluding steroid dienone is 1. The molecule has 0 aliphatic heterocycles. The zero-order valence-corrected chi connectivity index (χ0v) is 11.7. The fraction of sp³-hybridized carbons (Fsp3) is 0.769. The van der Waals surface area contributed by atoms with Crippen LogP contribution in [0.5, 0.6) is 0 Å². The van der Waals surface area contributed by atoms with Crippen molar-refractivity contribution in [3.05, 3.63) is 11.6 Å². The van der Waals surface area contributed by atoms with E-state index in [1.807, 2.05) is 26.8 Å². The summed E-state index contributed by atoms with van der Waals surface area (Å²) in [5.74, 6) is 0.0671. The Bertz CT molecular complexity index is 275. The summed E-state index contributed by atoms with van der Waals surface area (Å²) in [6.07, 6.45) is 1.52. The number of hydrogen-bond donors (Lipinski definition) is 2. The minimum Gasteiger partial charge on any atom is -0.444 e. The van der Waals surface area contributed by atoms with Gasteiger partial charge in [0, 0.05) is 0 Å². The van der Waals surface area contributed by atoms with Gasteiger partial charge in [-0.05, 0) is 40.5 Å². The lowest BCUT2D eigenvalue weighted by atomic mass is 10.0. The van der Waals surface area contributed by atoms with Gasteiger partial charge in [0.2, 0.25) is 0 Å². The molecule has 0 heterocycles. The molecule has 0 spiro atoms. The first-order valence-electron chi connectivity index (χ1n) is 5.91. The molecule has 0 saturated carbocycles. The lowest BCUT2D eigenvalue weighted by Gasteiger charge is -2.25. The molecule has 100 valence electrons. The molecule has 2 N–H and O–H groups in total. The van der Waals surface area contributed by atoms with E-state index in [0.717, 1.165) is 5.57 Å². The van der Waals surface area contributed by atoms with Crippen molar-refractivity contribution >= 4 is 6.09 Å². The third-order valence-corrected chi connectivity index (χ3v) is 2.13. The summed E-state index contributed by atoms with van der Waals surface area (Å²) < 4.78 is 5.14. The largest absolute Gasteiger partial charge is 0.444 e. The van der Waals surface area contributed by atoms with Crippen LogP contribution in [0.25, 0.3) is 0 Å². The Morgan fingerprint density at radius 1 is 1.41 bits per heavy atom. The minimum absolute atomic E-state index is 0.0671. The standard InChI is InChI=1S/C13H25NO3/c1-9(2)7-10(3)11(8-15)14-12(16)17-13(4,5)6/h7,10-11,15H,8H2,1-6H3,(H,14,16)/t10-,11-/m1/s1. The predicted molar refractivity (Wildman–Crippen MR) is 68.8 cm³/mol. The molecule has 0 aromatic carbocycles. The number of rotatable bonds is 4. The van der Waals surface area contributed by atoms with Crippen molar-refractivity contribution in [1.82, 2.24) is 5.32 Å². The number of carbonyl (C=O) groups is 1. The van der Waals surface area contributed by atoms with Crippen LogP contribution in [-0.2, 0) is 4.74 Å². The van der Waals surface area contributed by atoms with Crippen molar-refractivity contribution in [3.8, 4) is 0 Å². The molecular weight excluding hydrogens is 218 g/mol. The fourth-order valence-electron chi connectivity index (χ4n) is 1.44. The molecule has 4 heteroatoms. The van der Waals surface area contributed by atoms with Gasteiger partial charge in [-0.15, -0.1) is 0 Å². The molecule has 0 aromatic rings. The van der Waals surface area contributed by atoms with E-state index in [9.17, 15) is 9.90 Å². The van der Waals surface area contributed by atoms with Crippen LogP contribution in [0.1, 0.15) is 41.5 Å². The van der Waals surface area contributed by atoms with Gasteiger partial charge in [0.05, 0.1) is 12.6 Å². The number of hydrogen-bond acceptors (Lipinski definition) is 3. The topological polar surface area (TPSA) is 58.6 Å². The number of aliphatic hydroxyl groups excluding tert-OH is 1. The van der Waals surface area contributed by atoms with Crippen LogP contribution in [0.15, 0.2) is 11.6 Å². The number of alkyl carbamates (subject to hydrolysis) is 1. The van der Waals surface area contributed by atoms with Crippen molar-refractivity contribution < 1.29 is 14.6 Å². The Labute approximate surface area is 104 Å². The summed E-state index contributed by atoms with van der Waals surface area (Å²) in [5.41, 5.74) is 0.631. The maximum atomic E-state index is 11.6. The van der Waals surface area contributed by atoms with Crippen LogP contribution in [0.2, 0.25) is 0 Å². The normalized spacial score (nSPS) is 14.8. The number of nitrogens with one attached hydrogen (secondary N) is 1. The molecule has 0 aliphatic carbocycles. The first kappa shape index (κ1) is 16.0. The summed E-state index contributed by atoms with van der Waals surface area (Å²) in [5, 5.41) is 11.9. The average Bonchev–Trinajstić information content (AvgIpc) is 2.09. The van der Waals surface area contributed by atoms with Crippen molar-refractivity contribution in [2.75, 3.05) is 6.61 Å². The SMILES string of the molecule is CC(C)=C[C@@H](C)[C@@H](CO)NC(=O)OC(C)(C)C. The molecule has 0 aliphatic rings. The van der Waals surface area contributed by atoms with Crippen LogP contribution in [0, 0.1) is 5.92 Å². The Morgan fingerprint density at radius 2 is 1.94 bits per heavy atom. The van der Waals surface area contributed by atoms with E-state index < -0.39 is 11.7 Å². The maximum Gasteiger partial charge on any atom is 0.407 e. The lowest BCUT2D eigenvalue weighted by Crippen LogP contribution is -2.44. The third kappa shape index (κ3) is 7.80. The zero-order valence-electron chi connectivity index (χ0n) is 11.7. The number of aliphatic hydroxyl groups is 1. The summed E-state index contributed by atoms with van der Waals surface area (Å²) in [6.45, 7) is 11.2. The van der Waals surface area contributed by atoms with E-state index in [2.05, 4.69) is 5.32 Å². The highest BCUT2D eigenvalue weighted by atomic mass is 16.6. The zero-order chi connectivity index (χ0) is 13.6. The molecule has 0 unspecified atom stereocenters. The molecular formula is C13H25NO3. The molecule has 0 bridgehead atoms. The fourth-order valence-corrected chi connectivity index (χ4v) is 1.44. The van der Waals surface area contributed by atoms with Crippen molar-refractivity contribution in [2.45, 2.75) is 53.2 Å². The van der Waals surface area contributed by atoms with Crippen LogP contribution in [0.4, 0.5) is 4.79 Å². The van der Waals surface area contributed by atoms with Crippen LogP contribution < -0.4 is 5.32 Å². The highest BCUT2D eigenvalue weighted by Gasteiger charge is 2.21. The monoisotopic (exact) mass is 243 g/mol. The van der Waals surface area contributed by atoms with Crippen LogP contribution in [0.3, 0.4) is 0 Å². The van der Waals surface area contributed by atoms with Gasteiger partial charge in [0.15, 0.2) is 0 Å². The smallest absolute Gasteiger partial charge is 0.407 e. The Balaban J connectivity index is 4.41. The molecule has 0 rings (SSSR count). The van der Waals surface area contributed by atoms with E-state index in [1.54, 1.807) is 20.8 Å². The summed E-state index contributed by atoms with van der Waals surface area (Å²) in [4.78, 5) is 11.6. The average molecular weight is 243 g/mol. The molecule has 17 heavy (non-hydrogen) atoms. The summed E-state index contributed by atoms with van der Waals surface area (Å²) in [7, 11) is 0. The van der Waals surface area contributed by atoms with Gasteiger partial charge >= 0.3 is 6.09 Å². The Morgan fingerprint density at radius 3 is 2.29 bits per heavy atom. The van der Waals surface area contributed by atoms with Crippen molar-refractivity contribution in [1.29, 1.82) is 0 Å². The predicted octanol–water partition coefficient (Wildman–Crippen LogP) is 2.47. The van der Waals surface area contributed by atoms with Gasteiger partial charge in [-0.2, -0.15) is 0 Å². The van der Waals surface area contributed by atoms with Gasteiger partial charge in [0.25, 0.3) is 0 Å². The second kappa shape index (κ2) is 6.64. The lowest BCUT2D eigenvalue weighted by molar-refractivity contribution is 0.0467. The number of ether oxygens (including phenoxy) is 1. The van der Waals surface area contributed by atoms with E-state index in [4.69, 9.17) is 4.74 Å². The quantitative estimate of drug-likeness (QED) is 0.746. The molecule has 0 fully saturated rings. The second-order valence-corrected chi connectivity index (χ2v) is 5.54. The first-order chi connectivity index (χ1) is 7.65. The summed E-state index contributed by atoms with van der Waals surface area (Å²) in [6, 6.07) is -0.320. The van der Waals surface area contributed by atoms with Gasteiger partial charge in [-0.3, -0.25) is 0 Å². The van der Waals surface area contributed by atoms with Gasteiger partial charge in [0.1, 0.15) is 5.60 Å². The number of amides is 1. The highest BCUT2D eigenvalue weighted by molar-refractivity contribution is 5.68. The van der Waals surface area contributed by atoms with Gasteiger partial charge < -0.3 is 15.2 Å². The third-order valence-electron chi connectivity index (χ3n) is 2.13. The van der Waals surface area contributed by atoms with Gasteiger partial charge in [-0.25, -0.2) is 4.79 Å². The Kier molecular flexibility index (Phi) is 6.24. The maximum absolute atomic E-state index is 11.6. The molecule has 1 amide bonds. The van der Waals surface area contributed by atoms with Gasteiger partial charge in [-0.1, -0.05) is 18.6 Å². The molecule has 2 atom stereocenters. The molecule has 0 saturated heterocycles. The first-order valence-corrected chi connectivity index (χ1v) is 5.91. The van der Waals surface area contributed by atoms with Crippen molar-refractivity contribution in [3.63, 3.8) is 0 Å².